The Bertz CT molecular complexity index is 1420. The summed E-state index contributed by atoms with van der Waals surface area (Å²) < 4.78 is 31.7. The van der Waals surface area contributed by atoms with Gasteiger partial charge in [0.05, 0.1) is 11.7 Å². The van der Waals surface area contributed by atoms with Crippen molar-refractivity contribution in [3.05, 3.63) is 59.7 Å². The number of anilines is 2. The zero-order chi connectivity index (χ0) is 26.3. The maximum absolute atomic E-state index is 15.0. The Kier molecular flexibility index (Phi) is 6.63. The van der Waals surface area contributed by atoms with Gasteiger partial charge in [-0.25, -0.2) is 28.7 Å². The zero-order valence-electron chi connectivity index (χ0n) is 21.8. The maximum atomic E-state index is 15.0. The summed E-state index contributed by atoms with van der Waals surface area (Å²) in [6.07, 6.45) is 2.92. The monoisotopic (exact) mass is 506 g/mol. The first-order valence-electron chi connectivity index (χ1n) is 12.6. The molecular weight excluding hydrogens is 474 g/mol. The molecule has 0 saturated carbocycles. The van der Waals surface area contributed by atoms with E-state index in [0.717, 1.165) is 37.9 Å². The molecule has 1 aliphatic heterocycles. The van der Waals surface area contributed by atoms with Gasteiger partial charge in [0.25, 0.3) is 0 Å². The molecule has 2 N–H and O–H groups in total. The Morgan fingerprint density at radius 1 is 1.00 bits per heavy atom. The molecule has 1 saturated heterocycles. The number of imidazole rings is 1. The van der Waals surface area contributed by atoms with Crippen molar-refractivity contribution >= 4 is 22.8 Å². The van der Waals surface area contributed by atoms with Crippen LogP contribution >= 0.6 is 0 Å². The molecule has 0 radical (unpaired) electrons. The third-order valence-electron chi connectivity index (χ3n) is 7.08. The fraction of sp³-hybridized carbons (Fsp3) is 0.407. The average molecular weight is 507 g/mol. The highest BCUT2D eigenvalue weighted by atomic mass is 19.1. The average Bonchev–Trinajstić information content (AvgIpc) is 3.22. The first-order chi connectivity index (χ1) is 17.6. The molecule has 3 aromatic heterocycles. The minimum absolute atomic E-state index is 0.00363. The third-order valence-corrected chi connectivity index (χ3v) is 7.08. The molecular formula is C27H32F2N8. The van der Waals surface area contributed by atoms with Gasteiger partial charge in [0.15, 0.2) is 11.6 Å². The van der Waals surface area contributed by atoms with Gasteiger partial charge < -0.3 is 15.2 Å². The zero-order valence-corrected chi connectivity index (χ0v) is 21.8. The Hall–Kier alpha value is -3.50. The van der Waals surface area contributed by atoms with E-state index < -0.39 is 11.6 Å². The van der Waals surface area contributed by atoms with Gasteiger partial charge in [-0.2, -0.15) is 0 Å². The topological polar surface area (TPSA) is 83.8 Å². The normalized spacial score (nSPS) is 15.0. The van der Waals surface area contributed by atoms with Crippen LogP contribution in [0.1, 0.15) is 45.1 Å². The molecule has 0 spiro atoms. The molecule has 1 fully saturated rings. The smallest absolute Gasteiger partial charge is 0.229 e. The van der Waals surface area contributed by atoms with Crippen LogP contribution in [0.3, 0.4) is 0 Å². The van der Waals surface area contributed by atoms with E-state index >= 15 is 0 Å². The summed E-state index contributed by atoms with van der Waals surface area (Å²) in [5.74, 6) is 0.241. The van der Waals surface area contributed by atoms with E-state index in [0.29, 0.717) is 22.7 Å². The Balaban J connectivity index is 1.43. The molecule has 0 bridgehead atoms. The van der Waals surface area contributed by atoms with Crippen LogP contribution in [0.5, 0.6) is 0 Å². The van der Waals surface area contributed by atoms with Crippen LogP contribution in [0.15, 0.2) is 36.7 Å². The quantitative estimate of drug-likeness (QED) is 0.383. The molecule has 0 atom stereocenters. The molecule has 0 aliphatic carbocycles. The van der Waals surface area contributed by atoms with Crippen molar-refractivity contribution in [3.63, 3.8) is 0 Å². The van der Waals surface area contributed by atoms with Crippen LogP contribution in [0.4, 0.5) is 20.5 Å². The number of rotatable bonds is 6. The molecule has 4 heterocycles. The first-order valence-corrected chi connectivity index (χ1v) is 12.6. The van der Waals surface area contributed by atoms with E-state index in [1.165, 1.54) is 6.07 Å². The summed E-state index contributed by atoms with van der Waals surface area (Å²) in [5.41, 5.74) is 2.12. The van der Waals surface area contributed by atoms with Gasteiger partial charge >= 0.3 is 0 Å². The fourth-order valence-electron chi connectivity index (χ4n) is 5.04. The number of fused-ring (bicyclic) bond motifs is 1. The lowest BCUT2D eigenvalue weighted by Gasteiger charge is -2.41. The SMILES string of the molecule is Cc1nc2c(F)cc(-c3nc(Nc4ccc(C(C)(C)N5CCNCC5)cn4)ncc3F)cc2n1C(C)C. The highest BCUT2D eigenvalue weighted by Gasteiger charge is 2.30. The van der Waals surface area contributed by atoms with Crippen molar-refractivity contribution in [1.82, 2.24) is 34.7 Å². The fourth-order valence-corrected chi connectivity index (χ4v) is 5.04. The second-order valence-corrected chi connectivity index (χ2v) is 10.2. The van der Waals surface area contributed by atoms with Crippen molar-refractivity contribution in [3.8, 4) is 11.3 Å². The number of nitrogens with one attached hydrogen (secondary N) is 2. The molecule has 8 nitrogen and oxygen atoms in total. The second-order valence-electron chi connectivity index (χ2n) is 10.2. The predicted octanol–water partition coefficient (Wildman–Crippen LogP) is 4.94. The molecule has 5 rings (SSSR count). The van der Waals surface area contributed by atoms with Gasteiger partial charge in [-0.1, -0.05) is 6.07 Å². The summed E-state index contributed by atoms with van der Waals surface area (Å²) in [5, 5.41) is 6.43. The summed E-state index contributed by atoms with van der Waals surface area (Å²) in [7, 11) is 0. The van der Waals surface area contributed by atoms with Crippen LogP contribution < -0.4 is 10.6 Å². The number of nitrogens with zero attached hydrogens (tertiary/aromatic N) is 6. The Labute approximate surface area is 215 Å². The first kappa shape index (κ1) is 25.2. The maximum Gasteiger partial charge on any atom is 0.229 e. The number of hydrogen-bond donors (Lipinski definition) is 2. The second kappa shape index (κ2) is 9.75. The van der Waals surface area contributed by atoms with Crippen LogP contribution in [-0.4, -0.2) is 55.6 Å². The molecule has 4 aromatic rings. The van der Waals surface area contributed by atoms with E-state index in [1.54, 1.807) is 6.07 Å². The summed E-state index contributed by atoms with van der Waals surface area (Å²) in [6, 6.07) is 6.94. The molecule has 0 unspecified atom stereocenters. The minimum atomic E-state index is -0.641. The van der Waals surface area contributed by atoms with Crippen LogP contribution in [0, 0.1) is 18.6 Å². The number of aryl methyl sites for hydroxylation is 1. The molecule has 10 heteroatoms. The summed E-state index contributed by atoms with van der Waals surface area (Å²) in [4.78, 5) is 19.8. The predicted molar refractivity (Wildman–Crippen MR) is 141 cm³/mol. The van der Waals surface area contributed by atoms with E-state index in [9.17, 15) is 8.78 Å². The number of hydrogen-bond acceptors (Lipinski definition) is 7. The van der Waals surface area contributed by atoms with Crippen molar-refractivity contribution in [2.24, 2.45) is 0 Å². The molecule has 1 aliphatic rings. The van der Waals surface area contributed by atoms with Gasteiger partial charge in [0.2, 0.25) is 5.95 Å². The Morgan fingerprint density at radius 3 is 2.43 bits per heavy atom. The van der Waals surface area contributed by atoms with E-state index in [4.69, 9.17) is 0 Å². The standard InChI is InChI=1S/C27H32F2N8/c1-16(2)37-17(3)33-25-20(28)12-18(13-22(25)37)24-21(29)15-32-26(35-24)34-23-7-6-19(14-31-23)27(4,5)36-10-8-30-9-11-36/h6-7,12-16,30H,8-11H2,1-5H3,(H,31,32,34,35). The number of piperazine rings is 1. The van der Waals surface area contributed by atoms with Crippen LogP contribution in [0.25, 0.3) is 22.3 Å². The van der Waals surface area contributed by atoms with Crippen molar-refractivity contribution < 1.29 is 8.78 Å². The van der Waals surface area contributed by atoms with Gasteiger partial charge in [0, 0.05) is 49.5 Å². The Morgan fingerprint density at radius 2 is 1.76 bits per heavy atom. The lowest BCUT2D eigenvalue weighted by molar-refractivity contribution is 0.102. The van der Waals surface area contributed by atoms with Crippen molar-refractivity contribution in [1.29, 1.82) is 0 Å². The lowest BCUT2D eigenvalue weighted by Crippen LogP contribution is -2.51. The highest BCUT2D eigenvalue weighted by Crippen LogP contribution is 2.31. The van der Waals surface area contributed by atoms with Crippen LogP contribution in [0.2, 0.25) is 0 Å². The lowest BCUT2D eigenvalue weighted by atomic mass is 9.93. The molecule has 194 valence electrons. The van der Waals surface area contributed by atoms with Gasteiger partial charge in [0.1, 0.15) is 22.9 Å². The molecule has 0 amide bonds. The minimum Gasteiger partial charge on any atom is -0.326 e. The molecule has 37 heavy (non-hydrogen) atoms. The highest BCUT2D eigenvalue weighted by molar-refractivity contribution is 5.83. The number of benzene rings is 1. The van der Waals surface area contributed by atoms with Gasteiger partial charge in [-0.3, -0.25) is 4.90 Å². The number of pyridine rings is 1. The van der Waals surface area contributed by atoms with Gasteiger partial charge in [-0.15, -0.1) is 0 Å². The third kappa shape index (κ3) is 4.78. The van der Waals surface area contributed by atoms with Crippen LogP contribution in [-0.2, 0) is 5.54 Å². The van der Waals surface area contributed by atoms with Crippen molar-refractivity contribution in [2.75, 3.05) is 31.5 Å². The number of halogens is 2. The summed E-state index contributed by atoms with van der Waals surface area (Å²) in [6.45, 7) is 14.1. The largest absolute Gasteiger partial charge is 0.326 e. The van der Waals surface area contributed by atoms with Crippen molar-refractivity contribution in [2.45, 2.75) is 46.2 Å². The molecule has 1 aromatic carbocycles. The van der Waals surface area contributed by atoms with E-state index in [1.807, 2.05) is 43.7 Å². The summed E-state index contributed by atoms with van der Waals surface area (Å²) >= 11 is 0. The van der Waals surface area contributed by atoms with E-state index in [2.05, 4.69) is 49.3 Å². The van der Waals surface area contributed by atoms with Gasteiger partial charge in [-0.05, 0) is 58.4 Å². The van der Waals surface area contributed by atoms with E-state index in [-0.39, 0.29) is 28.7 Å². The number of aromatic nitrogens is 5.